The monoisotopic (exact) mass is 525 g/mol. The zero-order valence-corrected chi connectivity index (χ0v) is 22.0. The number of benzene rings is 2. The molecule has 1 amide bonds. The van der Waals surface area contributed by atoms with E-state index >= 15 is 0 Å². The van der Waals surface area contributed by atoms with Crippen molar-refractivity contribution in [2.75, 3.05) is 35.0 Å². The molecule has 2 N–H and O–H groups in total. The molecule has 0 radical (unpaired) electrons. The smallest absolute Gasteiger partial charge is 0.331 e. The number of amides is 1. The molecular weight excluding hydrogens is 494 g/mol. The third kappa shape index (κ3) is 4.79. The van der Waals surface area contributed by atoms with Gasteiger partial charge in [-0.25, -0.2) is 4.79 Å². The molecule has 0 bridgehead atoms. The van der Waals surface area contributed by atoms with Gasteiger partial charge in [-0.15, -0.1) is 0 Å². The highest BCUT2D eigenvalue weighted by molar-refractivity contribution is 5.75. The number of carbonyl (C=O) groups is 1. The summed E-state index contributed by atoms with van der Waals surface area (Å²) in [5.74, 6) is 1.24. The minimum atomic E-state index is -0.937. The highest BCUT2D eigenvalue weighted by Crippen LogP contribution is 2.42. The van der Waals surface area contributed by atoms with Gasteiger partial charge in [-0.05, 0) is 53.8 Å². The Morgan fingerprint density at radius 2 is 1.61 bits per heavy atom. The van der Waals surface area contributed by atoms with Gasteiger partial charge in [0, 0.05) is 20.0 Å². The lowest BCUT2D eigenvalue weighted by Crippen LogP contribution is -2.43. The number of aromatic amines is 1. The van der Waals surface area contributed by atoms with Crippen molar-refractivity contribution < 1.29 is 28.8 Å². The minimum Gasteiger partial charge on any atom is -0.494 e. The summed E-state index contributed by atoms with van der Waals surface area (Å²) < 4.78 is 22.6. The maximum Gasteiger partial charge on any atom is 0.331 e. The Bertz CT molecular complexity index is 1480. The number of aromatic hydroxyl groups is 1. The maximum absolute atomic E-state index is 13.1. The number of hydrogen-bond donors (Lipinski definition) is 2. The second-order valence-corrected chi connectivity index (χ2v) is 8.86. The van der Waals surface area contributed by atoms with Crippen LogP contribution in [-0.2, 0) is 24.2 Å². The summed E-state index contributed by atoms with van der Waals surface area (Å²) in [4.78, 5) is 42.4. The predicted molar refractivity (Wildman–Crippen MR) is 139 cm³/mol. The average molecular weight is 526 g/mol. The van der Waals surface area contributed by atoms with Gasteiger partial charge in [-0.1, -0.05) is 6.07 Å². The largest absolute Gasteiger partial charge is 0.494 e. The van der Waals surface area contributed by atoms with Crippen LogP contribution >= 0.6 is 0 Å². The van der Waals surface area contributed by atoms with Crippen molar-refractivity contribution in [3.05, 3.63) is 73.4 Å². The lowest BCUT2D eigenvalue weighted by atomic mass is 9.88. The topological polar surface area (TPSA) is 132 Å². The molecule has 0 spiro atoms. The number of fused-ring (bicyclic) bond motifs is 1. The van der Waals surface area contributed by atoms with Gasteiger partial charge in [0.25, 0.3) is 5.56 Å². The third-order valence-electron chi connectivity index (χ3n) is 6.83. The van der Waals surface area contributed by atoms with Gasteiger partial charge in [0.1, 0.15) is 5.56 Å². The maximum atomic E-state index is 13.1. The van der Waals surface area contributed by atoms with Crippen LogP contribution in [0.3, 0.4) is 0 Å². The van der Waals surface area contributed by atoms with E-state index in [1.807, 2.05) is 6.07 Å². The Balaban J connectivity index is 1.81. The van der Waals surface area contributed by atoms with Crippen molar-refractivity contribution in [1.29, 1.82) is 0 Å². The van der Waals surface area contributed by atoms with Crippen LogP contribution in [0.25, 0.3) is 0 Å². The molecule has 4 rings (SSSR count). The summed E-state index contributed by atoms with van der Waals surface area (Å²) in [6, 6.07) is 7.92. The van der Waals surface area contributed by atoms with E-state index in [2.05, 4.69) is 4.98 Å². The van der Waals surface area contributed by atoms with E-state index in [0.717, 1.165) is 15.7 Å². The van der Waals surface area contributed by atoms with E-state index in [0.29, 0.717) is 47.9 Å². The third-order valence-corrected chi connectivity index (χ3v) is 6.83. The lowest BCUT2D eigenvalue weighted by molar-refractivity contribution is -0.130. The van der Waals surface area contributed by atoms with E-state index in [-0.39, 0.29) is 18.0 Å². The number of aromatic nitrogens is 2. The van der Waals surface area contributed by atoms with E-state index in [1.165, 1.54) is 40.3 Å². The highest BCUT2D eigenvalue weighted by atomic mass is 16.5. The standard InChI is InChI=1S/C27H31N3O8/c1-15(31)29-11-9-17-13-21(37-4)22(38-5)14-18(17)24(29)23-25(32)28-27(34)30(26(23)33)10-8-16-6-7-19(35-2)20(12-16)36-3/h6-7,12-14,24,33H,8-11H2,1-5H3,(H,28,32,34)/t24-/m1/s1. The molecule has 2 aromatic carbocycles. The van der Waals surface area contributed by atoms with Crippen molar-refractivity contribution >= 4 is 5.91 Å². The molecule has 0 aliphatic carbocycles. The van der Waals surface area contributed by atoms with E-state index < -0.39 is 23.2 Å². The summed E-state index contributed by atoms with van der Waals surface area (Å²) in [6.07, 6.45) is 0.866. The number of hydrogen-bond acceptors (Lipinski definition) is 8. The molecule has 0 unspecified atom stereocenters. The molecule has 1 aromatic heterocycles. The Labute approximate surface area is 219 Å². The van der Waals surface area contributed by atoms with Crippen LogP contribution < -0.4 is 30.2 Å². The van der Waals surface area contributed by atoms with Gasteiger partial charge in [0.15, 0.2) is 23.0 Å². The van der Waals surface area contributed by atoms with E-state index in [1.54, 1.807) is 24.3 Å². The van der Waals surface area contributed by atoms with Gasteiger partial charge in [0.2, 0.25) is 11.8 Å². The lowest BCUT2D eigenvalue weighted by Gasteiger charge is -2.37. The van der Waals surface area contributed by atoms with Crippen molar-refractivity contribution in [3.8, 4) is 28.9 Å². The van der Waals surface area contributed by atoms with Gasteiger partial charge in [0.05, 0.1) is 34.5 Å². The Kier molecular flexibility index (Phi) is 7.65. The first-order valence-corrected chi connectivity index (χ1v) is 12.0. The predicted octanol–water partition coefficient (Wildman–Crippen LogP) is 2.01. The number of rotatable bonds is 8. The number of carbonyl (C=O) groups excluding carboxylic acids is 1. The molecule has 0 fully saturated rings. The zero-order chi connectivity index (χ0) is 27.6. The van der Waals surface area contributed by atoms with Crippen LogP contribution in [0.1, 0.15) is 35.2 Å². The first-order valence-electron chi connectivity index (χ1n) is 12.0. The van der Waals surface area contributed by atoms with E-state index in [4.69, 9.17) is 18.9 Å². The molecule has 1 aliphatic rings. The fraction of sp³-hybridized carbons (Fsp3) is 0.370. The Hall–Kier alpha value is -4.41. The van der Waals surface area contributed by atoms with Crippen molar-refractivity contribution in [3.63, 3.8) is 0 Å². The van der Waals surface area contributed by atoms with Crippen LogP contribution in [0.5, 0.6) is 28.9 Å². The molecule has 3 aromatic rings. The SMILES string of the molecule is COc1ccc(CCn2c(O)c([C@H]3c4cc(OC)c(OC)cc4CCN3C(C)=O)c(=O)[nH]c2=O)cc1OC. The second-order valence-electron chi connectivity index (χ2n) is 8.86. The molecule has 11 nitrogen and oxygen atoms in total. The summed E-state index contributed by atoms with van der Waals surface area (Å²) in [5, 5.41) is 11.3. The highest BCUT2D eigenvalue weighted by Gasteiger charge is 2.36. The molecule has 0 saturated heterocycles. The van der Waals surface area contributed by atoms with Gasteiger partial charge in [-0.2, -0.15) is 0 Å². The summed E-state index contributed by atoms with van der Waals surface area (Å²) in [7, 11) is 6.08. The van der Waals surface area contributed by atoms with Gasteiger partial charge < -0.3 is 29.0 Å². The number of ether oxygens (including phenoxy) is 4. The van der Waals surface area contributed by atoms with Crippen LogP contribution in [-0.4, -0.2) is 60.4 Å². The Morgan fingerprint density at radius 3 is 2.24 bits per heavy atom. The second kappa shape index (κ2) is 10.9. The molecule has 0 saturated carbocycles. The molecule has 38 heavy (non-hydrogen) atoms. The first-order chi connectivity index (χ1) is 18.2. The quantitative estimate of drug-likeness (QED) is 0.457. The van der Waals surface area contributed by atoms with Crippen LogP contribution in [0.4, 0.5) is 0 Å². The molecule has 11 heteroatoms. The van der Waals surface area contributed by atoms with Gasteiger partial charge >= 0.3 is 5.69 Å². The van der Waals surface area contributed by atoms with Crippen LogP contribution in [0.2, 0.25) is 0 Å². The van der Waals surface area contributed by atoms with Crippen molar-refractivity contribution in [1.82, 2.24) is 14.5 Å². The summed E-state index contributed by atoms with van der Waals surface area (Å²) >= 11 is 0. The van der Waals surface area contributed by atoms with Crippen LogP contribution in [0.15, 0.2) is 39.9 Å². The number of methoxy groups -OCH3 is 4. The zero-order valence-electron chi connectivity index (χ0n) is 22.0. The number of nitrogens with zero attached hydrogens (tertiary/aromatic N) is 2. The molecule has 1 atom stereocenters. The molecule has 202 valence electrons. The van der Waals surface area contributed by atoms with E-state index in [9.17, 15) is 19.5 Å². The number of aryl methyl sites for hydroxylation is 1. The molecule has 1 aliphatic heterocycles. The molecular formula is C27H31N3O8. The average Bonchev–Trinajstić information content (AvgIpc) is 2.91. The fourth-order valence-corrected chi connectivity index (χ4v) is 4.90. The Morgan fingerprint density at radius 1 is 0.974 bits per heavy atom. The number of nitrogens with one attached hydrogen (secondary N) is 1. The fourth-order valence-electron chi connectivity index (χ4n) is 4.90. The number of H-pyrrole nitrogens is 1. The molecule has 2 heterocycles. The van der Waals surface area contributed by atoms with Crippen molar-refractivity contribution in [2.24, 2.45) is 0 Å². The summed E-state index contributed by atoms with van der Waals surface area (Å²) in [5.41, 5.74) is 0.650. The van der Waals surface area contributed by atoms with Crippen molar-refractivity contribution in [2.45, 2.75) is 32.4 Å². The van der Waals surface area contributed by atoms with Gasteiger partial charge in [-0.3, -0.25) is 19.1 Å². The summed E-state index contributed by atoms with van der Waals surface area (Å²) in [6.45, 7) is 1.78. The normalized spacial score (nSPS) is 14.6. The van der Waals surface area contributed by atoms with Crippen LogP contribution in [0, 0.1) is 0 Å². The minimum absolute atomic E-state index is 0.0650. The first kappa shape index (κ1) is 26.6.